The molecule has 0 saturated heterocycles. The first kappa shape index (κ1) is 14.3. The summed E-state index contributed by atoms with van der Waals surface area (Å²) < 4.78 is 0. The Hall–Kier alpha value is -1.16. The van der Waals surface area contributed by atoms with Crippen LogP contribution in [0.2, 0.25) is 0 Å². The van der Waals surface area contributed by atoms with E-state index in [0.717, 1.165) is 36.4 Å². The van der Waals surface area contributed by atoms with E-state index in [-0.39, 0.29) is 11.9 Å². The smallest absolute Gasteiger partial charge is 0.253 e. The molecule has 0 bridgehead atoms. The summed E-state index contributed by atoms with van der Waals surface area (Å²) in [6.45, 7) is 3.09. The molecule has 19 heavy (non-hydrogen) atoms. The highest BCUT2D eigenvalue weighted by Crippen LogP contribution is 2.24. The Balaban J connectivity index is 2.06. The summed E-state index contributed by atoms with van der Waals surface area (Å²) in [5, 5.41) is 3.32. The van der Waals surface area contributed by atoms with Crippen LogP contribution in [0.1, 0.15) is 29.3 Å². The van der Waals surface area contributed by atoms with Crippen molar-refractivity contribution in [1.82, 2.24) is 4.90 Å². The normalized spacial score (nSPS) is 14.7. The van der Waals surface area contributed by atoms with Crippen molar-refractivity contribution < 1.29 is 4.79 Å². The number of carbonyl (C=O) groups is 1. The van der Waals surface area contributed by atoms with Gasteiger partial charge in [-0.1, -0.05) is 6.07 Å². The van der Waals surface area contributed by atoms with Crippen molar-refractivity contribution in [2.24, 2.45) is 0 Å². The molecule has 1 aromatic carbocycles. The van der Waals surface area contributed by atoms with E-state index in [1.165, 1.54) is 5.56 Å². The summed E-state index contributed by atoms with van der Waals surface area (Å²) in [6.07, 6.45) is 4.19. The molecule has 1 heterocycles. The number of hydrogen-bond acceptors (Lipinski definition) is 3. The van der Waals surface area contributed by atoms with Gasteiger partial charge < -0.3 is 10.2 Å². The van der Waals surface area contributed by atoms with Crippen molar-refractivity contribution in [2.45, 2.75) is 25.8 Å². The quantitative estimate of drug-likeness (QED) is 0.899. The molecule has 0 saturated carbocycles. The fraction of sp³-hybridized carbons (Fsp3) is 0.533. The second-order valence-corrected chi connectivity index (χ2v) is 6.08. The second-order valence-electron chi connectivity index (χ2n) is 5.10. The molecule has 1 aliphatic rings. The fourth-order valence-electron chi connectivity index (χ4n) is 2.31. The molecule has 4 heteroatoms. The Morgan fingerprint density at radius 1 is 1.53 bits per heavy atom. The molecule has 0 radical (unpaired) electrons. The highest BCUT2D eigenvalue weighted by atomic mass is 32.2. The molecular formula is C15H22N2OS. The van der Waals surface area contributed by atoms with Crippen molar-refractivity contribution in [3.05, 3.63) is 29.3 Å². The maximum atomic E-state index is 12.4. The van der Waals surface area contributed by atoms with Crippen molar-refractivity contribution in [3.63, 3.8) is 0 Å². The van der Waals surface area contributed by atoms with E-state index in [0.29, 0.717) is 0 Å². The molecule has 2 rings (SSSR count). The molecule has 1 aliphatic heterocycles. The monoisotopic (exact) mass is 278 g/mol. The average molecular weight is 278 g/mol. The van der Waals surface area contributed by atoms with Gasteiger partial charge in [-0.25, -0.2) is 0 Å². The zero-order valence-electron chi connectivity index (χ0n) is 11.9. The van der Waals surface area contributed by atoms with Crippen LogP contribution in [0.15, 0.2) is 18.2 Å². The molecule has 0 aromatic heterocycles. The minimum Gasteiger partial charge on any atom is -0.384 e. The van der Waals surface area contributed by atoms with Crippen LogP contribution in [-0.4, -0.2) is 42.4 Å². The molecular weight excluding hydrogens is 256 g/mol. The van der Waals surface area contributed by atoms with Gasteiger partial charge in [0.05, 0.1) is 0 Å². The number of fused-ring (bicyclic) bond motifs is 1. The third-order valence-electron chi connectivity index (χ3n) is 3.79. The van der Waals surface area contributed by atoms with E-state index < -0.39 is 0 Å². The third kappa shape index (κ3) is 3.24. The third-order valence-corrected chi connectivity index (χ3v) is 4.43. The summed E-state index contributed by atoms with van der Waals surface area (Å²) in [5.41, 5.74) is 3.22. The van der Waals surface area contributed by atoms with Gasteiger partial charge in [-0.15, -0.1) is 0 Å². The van der Waals surface area contributed by atoms with E-state index in [2.05, 4.69) is 24.6 Å². The number of nitrogens with one attached hydrogen (secondary N) is 1. The summed E-state index contributed by atoms with van der Waals surface area (Å²) >= 11 is 1.82. The average Bonchev–Trinajstić information content (AvgIpc) is 2.90. The topological polar surface area (TPSA) is 32.3 Å². The Labute approximate surface area is 119 Å². The van der Waals surface area contributed by atoms with E-state index in [9.17, 15) is 4.79 Å². The first-order valence-corrected chi connectivity index (χ1v) is 8.15. The summed E-state index contributed by atoms with van der Waals surface area (Å²) in [7, 11) is 1.90. The van der Waals surface area contributed by atoms with Crippen LogP contribution in [-0.2, 0) is 6.42 Å². The van der Waals surface area contributed by atoms with Crippen LogP contribution < -0.4 is 5.32 Å². The van der Waals surface area contributed by atoms with E-state index in [1.807, 2.05) is 35.8 Å². The number of rotatable bonds is 5. The van der Waals surface area contributed by atoms with E-state index in [4.69, 9.17) is 0 Å². The van der Waals surface area contributed by atoms with Gasteiger partial charge in [0, 0.05) is 30.9 Å². The lowest BCUT2D eigenvalue weighted by Crippen LogP contribution is -2.35. The van der Waals surface area contributed by atoms with Gasteiger partial charge in [0.25, 0.3) is 5.91 Å². The Morgan fingerprint density at radius 2 is 2.32 bits per heavy atom. The summed E-state index contributed by atoms with van der Waals surface area (Å²) in [5.74, 6) is 1.20. The SMILES string of the molecule is CSCCC(C)N(C)C(=O)c1ccc2c(c1)NCC2. The van der Waals surface area contributed by atoms with Gasteiger partial charge in [-0.2, -0.15) is 11.8 Å². The van der Waals surface area contributed by atoms with Crippen LogP contribution in [0.3, 0.4) is 0 Å². The molecule has 3 nitrogen and oxygen atoms in total. The van der Waals surface area contributed by atoms with Gasteiger partial charge in [0.15, 0.2) is 0 Å². The molecule has 0 fully saturated rings. The molecule has 1 aromatic rings. The fourth-order valence-corrected chi connectivity index (χ4v) is 2.89. The number of benzene rings is 1. The van der Waals surface area contributed by atoms with Crippen LogP contribution >= 0.6 is 11.8 Å². The van der Waals surface area contributed by atoms with Crippen LogP contribution in [0, 0.1) is 0 Å². The predicted molar refractivity (Wildman–Crippen MR) is 83.2 cm³/mol. The number of amides is 1. The minimum atomic E-state index is 0.116. The van der Waals surface area contributed by atoms with Gasteiger partial charge in [-0.3, -0.25) is 4.79 Å². The molecule has 1 atom stereocenters. The summed E-state index contributed by atoms with van der Waals surface area (Å²) in [4.78, 5) is 14.3. The lowest BCUT2D eigenvalue weighted by atomic mass is 10.1. The predicted octanol–water partition coefficient (Wildman–Crippen LogP) is 2.87. The van der Waals surface area contributed by atoms with Crippen molar-refractivity contribution in [3.8, 4) is 0 Å². The first-order valence-electron chi connectivity index (χ1n) is 6.76. The molecule has 104 valence electrons. The number of hydrogen-bond donors (Lipinski definition) is 1. The lowest BCUT2D eigenvalue weighted by Gasteiger charge is -2.25. The number of anilines is 1. The zero-order valence-corrected chi connectivity index (χ0v) is 12.7. The molecule has 1 amide bonds. The van der Waals surface area contributed by atoms with Crippen LogP contribution in [0.5, 0.6) is 0 Å². The largest absolute Gasteiger partial charge is 0.384 e. The van der Waals surface area contributed by atoms with Gasteiger partial charge in [0.1, 0.15) is 0 Å². The van der Waals surface area contributed by atoms with Crippen LogP contribution in [0.4, 0.5) is 5.69 Å². The van der Waals surface area contributed by atoms with E-state index >= 15 is 0 Å². The molecule has 1 N–H and O–H groups in total. The second kappa shape index (κ2) is 6.33. The Kier molecular flexibility index (Phi) is 4.75. The number of nitrogens with zero attached hydrogens (tertiary/aromatic N) is 1. The molecule has 0 aliphatic carbocycles. The standard InChI is InChI=1S/C15H22N2OS/c1-11(7-9-19-3)17(2)15(18)13-5-4-12-6-8-16-14(12)10-13/h4-5,10-11,16H,6-9H2,1-3H3. The number of carbonyl (C=O) groups excluding carboxylic acids is 1. The van der Waals surface area contributed by atoms with Crippen molar-refractivity contribution in [1.29, 1.82) is 0 Å². The maximum Gasteiger partial charge on any atom is 0.253 e. The van der Waals surface area contributed by atoms with Gasteiger partial charge >= 0.3 is 0 Å². The first-order chi connectivity index (χ1) is 9.13. The van der Waals surface area contributed by atoms with Crippen molar-refractivity contribution in [2.75, 3.05) is 30.9 Å². The van der Waals surface area contributed by atoms with Crippen LogP contribution in [0.25, 0.3) is 0 Å². The minimum absolute atomic E-state index is 0.116. The zero-order chi connectivity index (χ0) is 13.8. The van der Waals surface area contributed by atoms with Gasteiger partial charge in [0.2, 0.25) is 0 Å². The highest BCUT2D eigenvalue weighted by Gasteiger charge is 2.19. The number of thioether (sulfide) groups is 1. The highest BCUT2D eigenvalue weighted by molar-refractivity contribution is 7.98. The molecule has 0 spiro atoms. The van der Waals surface area contributed by atoms with E-state index in [1.54, 1.807) is 0 Å². The lowest BCUT2D eigenvalue weighted by molar-refractivity contribution is 0.0741. The Bertz CT molecular complexity index is 461. The van der Waals surface area contributed by atoms with Gasteiger partial charge in [-0.05, 0) is 49.5 Å². The summed E-state index contributed by atoms with van der Waals surface area (Å²) in [6, 6.07) is 6.29. The van der Waals surface area contributed by atoms with Crippen molar-refractivity contribution >= 4 is 23.4 Å². The molecule has 1 unspecified atom stereocenters. The Morgan fingerprint density at radius 3 is 3.05 bits per heavy atom. The maximum absolute atomic E-state index is 12.4.